The molecule has 1 aliphatic rings. The maximum atomic E-state index is 6.25. The van der Waals surface area contributed by atoms with Gasteiger partial charge in [0.25, 0.3) is 0 Å². The Balaban J connectivity index is 2.05. The molecule has 100 valence electrons. The van der Waals surface area contributed by atoms with Crippen molar-refractivity contribution in [1.29, 1.82) is 0 Å². The molecule has 2 heteroatoms. The van der Waals surface area contributed by atoms with E-state index in [9.17, 15) is 0 Å². The van der Waals surface area contributed by atoms with E-state index in [2.05, 4.69) is 32.0 Å². The van der Waals surface area contributed by atoms with Crippen LogP contribution in [-0.4, -0.2) is 12.1 Å². The highest BCUT2D eigenvalue weighted by Crippen LogP contribution is 2.23. The molecule has 2 rings (SSSR count). The molecular formula is C16H25NO. The molecule has 0 saturated heterocycles. The predicted molar refractivity (Wildman–Crippen MR) is 76.0 cm³/mol. The first-order chi connectivity index (χ1) is 8.65. The van der Waals surface area contributed by atoms with Gasteiger partial charge in [0.2, 0.25) is 0 Å². The second kappa shape index (κ2) is 6.24. The van der Waals surface area contributed by atoms with Crippen molar-refractivity contribution in [2.45, 2.75) is 64.5 Å². The molecule has 1 aromatic rings. The zero-order valence-corrected chi connectivity index (χ0v) is 11.6. The van der Waals surface area contributed by atoms with Gasteiger partial charge >= 0.3 is 0 Å². The average Bonchev–Trinajstić information content (AvgIpc) is 2.28. The van der Waals surface area contributed by atoms with Gasteiger partial charge in [0.15, 0.2) is 0 Å². The first kappa shape index (κ1) is 13.4. The van der Waals surface area contributed by atoms with E-state index in [1.165, 1.54) is 36.8 Å². The lowest BCUT2D eigenvalue weighted by Gasteiger charge is -2.27. The fourth-order valence-corrected chi connectivity index (χ4v) is 2.80. The third-order valence-electron chi connectivity index (χ3n) is 3.74. The van der Waals surface area contributed by atoms with Gasteiger partial charge in [0, 0.05) is 6.04 Å². The highest BCUT2D eigenvalue weighted by molar-refractivity contribution is 5.33. The zero-order valence-electron chi connectivity index (χ0n) is 11.6. The minimum Gasteiger partial charge on any atom is -0.489 e. The molecule has 0 spiro atoms. The molecule has 1 saturated carbocycles. The van der Waals surface area contributed by atoms with Crippen LogP contribution in [0.1, 0.15) is 49.7 Å². The van der Waals surface area contributed by atoms with Crippen molar-refractivity contribution in [3.63, 3.8) is 0 Å². The molecule has 1 aliphatic carbocycles. The SMILES string of the molecule is Cc1cc(C)cc(OC2CCCCCCC2N)c1. The lowest BCUT2D eigenvalue weighted by atomic mass is 9.95. The summed E-state index contributed by atoms with van der Waals surface area (Å²) in [5.74, 6) is 0.980. The normalized spacial score (nSPS) is 25.3. The summed E-state index contributed by atoms with van der Waals surface area (Å²) in [6, 6.07) is 6.58. The van der Waals surface area contributed by atoms with Gasteiger partial charge in [-0.15, -0.1) is 0 Å². The van der Waals surface area contributed by atoms with Crippen LogP contribution in [0, 0.1) is 13.8 Å². The van der Waals surface area contributed by atoms with Crippen molar-refractivity contribution >= 4 is 0 Å². The maximum Gasteiger partial charge on any atom is 0.120 e. The number of hydrogen-bond acceptors (Lipinski definition) is 2. The summed E-state index contributed by atoms with van der Waals surface area (Å²) in [5, 5.41) is 0. The molecule has 0 radical (unpaired) electrons. The van der Waals surface area contributed by atoms with E-state index in [0.717, 1.165) is 18.6 Å². The summed E-state index contributed by atoms with van der Waals surface area (Å²) in [6.45, 7) is 4.22. The molecule has 0 bridgehead atoms. The molecule has 0 aromatic heterocycles. The van der Waals surface area contributed by atoms with Crippen LogP contribution in [-0.2, 0) is 0 Å². The molecule has 2 N–H and O–H groups in total. The number of ether oxygens (including phenoxy) is 1. The van der Waals surface area contributed by atoms with Gasteiger partial charge < -0.3 is 10.5 Å². The summed E-state index contributed by atoms with van der Waals surface area (Å²) < 4.78 is 6.14. The van der Waals surface area contributed by atoms with Gasteiger partial charge in [-0.25, -0.2) is 0 Å². The van der Waals surface area contributed by atoms with Crippen LogP contribution in [0.3, 0.4) is 0 Å². The molecule has 2 unspecified atom stereocenters. The number of rotatable bonds is 2. The van der Waals surface area contributed by atoms with Crippen LogP contribution < -0.4 is 10.5 Å². The number of aryl methyl sites for hydroxylation is 2. The summed E-state index contributed by atoms with van der Waals surface area (Å²) in [5.41, 5.74) is 8.76. The summed E-state index contributed by atoms with van der Waals surface area (Å²) in [7, 11) is 0. The van der Waals surface area contributed by atoms with Crippen LogP contribution in [0.25, 0.3) is 0 Å². The Morgan fingerprint density at radius 1 is 0.944 bits per heavy atom. The third kappa shape index (κ3) is 3.74. The molecule has 1 aromatic carbocycles. The largest absolute Gasteiger partial charge is 0.489 e. The van der Waals surface area contributed by atoms with Crippen molar-refractivity contribution in [1.82, 2.24) is 0 Å². The topological polar surface area (TPSA) is 35.2 Å². The average molecular weight is 247 g/mol. The van der Waals surface area contributed by atoms with E-state index in [1.807, 2.05) is 0 Å². The minimum absolute atomic E-state index is 0.186. The first-order valence-corrected chi connectivity index (χ1v) is 7.16. The summed E-state index contributed by atoms with van der Waals surface area (Å²) in [6.07, 6.45) is 7.50. The highest BCUT2D eigenvalue weighted by atomic mass is 16.5. The Morgan fingerprint density at radius 2 is 1.56 bits per heavy atom. The van der Waals surface area contributed by atoms with Crippen LogP contribution in [0.5, 0.6) is 5.75 Å². The molecule has 0 aliphatic heterocycles. The number of benzene rings is 1. The first-order valence-electron chi connectivity index (χ1n) is 7.16. The van der Waals surface area contributed by atoms with Crippen molar-refractivity contribution in [3.8, 4) is 5.75 Å². The van der Waals surface area contributed by atoms with Crippen molar-refractivity contribution in [2.24, 2.45) is 5.73 Å². The van der Waals surface area contributed by atoms with E-state index in [4.69, 9.17) is 10.5 Å². The molecule has 18 heavy (non-hydrogen) atoms. The Labute approximate surface area is 111 Å². The Morgan fingerprint density at radius 3 is 2.22 bits per heavy atom. The maximum absolute atomic E-state index is 6.25. The smallest absolute Gasteiger partial charge is 0.120 e. The van der Waals surface area contributed by atoms with Crippen molar-refractivity contribution in [2.75, 3.05) is 0 Å². The third-order valence-corrected chi connectivity index (χ3v) is 3.74. The summed E-state index contributed by atoms with van der Waals surface area (Å²) >= 11 is 0. The summed E-state index contributed by atoms with van der Waals surface area (Å²) in [4.78, 5) is 0. The minimum atomic E-state index is 0.186. The van der Waals surface area contributed by atoms with Crippen LogP contribution >= 0.6 is 0 Å². The van der Waals surface area contributed by atoms with Crippen LogP contribution in [0.15, 0.2) is 18.2 Å². The fraction of sp³-hybridized carbons (Fsp3) is 0.625. The quantitative estimate of drug-likeness (QED) is 0.864. The number of nitrogens with two attached hydrogens (primary N) is 1. The zero-order chi connectivity index (χ0) is 13.0. The monoisotopic (exact) mass is 247 g/mol. The molecule has 1 fully saturated rings. The molecular weight excluding hydrogens is 222 g/mol. The second-order valence-electron chi connectivity index (χ2n) is 5.64. The van der Waals surface area contributed by atoms with E-state index < -0.39 is 0 Å². The Kier molecular flexibility index (Phi) is 4.65. The fourth-order valence-electron chi connectivity index (χ4n) is 2.80. The lowest BCUT2D eigenvalue weighted by molar-refractivity contribution is 0.145. The Bertz CT molecular complexity index is 368. The lowest BCUT2D eigenvalue weighted by Crippen LogP contribution is -2.39. The van der Waals surface area contributed by atoms with Gasteiger partial charge in [-0.2, -0.15) is 0 Å². The van der Waals surface area contributed by atoms with Gasteiger partial charge in [-0.1, -0.05) is 25.3 Å². The van der Waals surface area contributed by atoms with Crippen molar-refractivity contribution < 1.29 is 4.74 Å². The second-order valence-corrected chi connectivity index (χ2v) is 5.64. The van der Waals surface area contributed by atoms with Crippen LogP contribution in [0.4, 0.5) is 0 Å². The molecule has 2 nitrogen and oxygen atoms in total. The number of hydrogen-bond donors (Lipinski definition) is 1. The standard InChI is InChI=1S/C16H25NO/c1-12-9-13(2)11-14(10-12)18-16-8-6-4-3-5-7-15(16)17/h9-11,15-16H,3-8,17H2,1-2H3. The van der Waals surface area contributed by atoms with Crippen molar-refractivity contribution in [3.05, 3.63) is 29.3 Å². The van der Waals surface area contributed by atoms with Gasteiger partial charge in [0.05, 0.1) is 0 Å². The van der Waals surface area contributed by atoms with Gasteiger partial charge in [0.1, 0.15) is 11.9 Å². The molecule has 0 heterocycles. The van der Waals surface area contributed by atoms with Crippen LogP contribution in [0.2, 0.25) is 0 Å². The van der Waals surface area contributed by atoms with Gasteiger partial charge in [-0.05, 0) is 56.4 Å². The van der Waals surface area contributed by atoms with E-state index in [0.29, 0.717) is 0 Å². The van der Waals surface area contributed by atoms with E-state index in [-0.39, 0.29) is 12.1 Å². The molecule has 0 amide bonds. The predicted octanol–water partition coefficient (Wildman–Crippen LogP) is 3.73. The molecule has 2 atom stereocenters. The van der Waals surface area contributed by atoms with E-state index in [1.54, 1.807) is 0 Å². The Hall–Kier alpha value is -1.02. The highest BCUT2D eigenvalue weighted by Gasteiger charge is 2.21. The van der Waals surface area contributed by atoms with Gasteiger partial charge in [-0.3, -0.25) is 0 Å². The van der Waals surface area contributed by atoms with E-state index >= 15 is 0 Å².